The average Bonchev–Trinajstić information content (AvgIpc) is 3.11. The van der Waals surface area contributed by atoms with Gasteiger partial charge in [0.05, 0.1) is 4.90 Å². The number of nitrogens with two attached hydrogens (primary N) is 1. The van der Waals surface area contributed by atoms with Crippen LogP contribution >= 0.6 is 15.9 Å². The molecule has 1 aromatic carbocycles. The summed E-state index contributed by atoms with van der Waals surface area (Å²) in [5.74, 6) is 0. The molecule has 0 unspecified atom stereocenters. The third-order valence-corrected chi connectivity index (χ3v) is 5.74. The molecule has 6 heteroatoms. The van der Waals surface area contributed by atoms with E-state index in [1.807, 2.05) is 0 Å². The summed E-state index contributed by atoms with van der Waals surface area (Å²) in [6, 6.07) is 4.67. The van der Waals surface area contributed by atoms with Gasteiger partial charge >= 0.3 is 0 Å². The fraction of sp³-hybridized carbons (Fsp3) is 0.500. The van der Waals surface area contributed by atoms with Gasteiger partial charge in [0.25, 0.3) is 0 Å². The highest BCUT2D eigenvalue weighted by Gasteiger charge is 2.41. The van der Waals surface area contributed by atoms with E-state index in [1.54, 1.807) is 12.1 Å². The zero-order valence-corrected chi connectivity index (χ0v) is 12.6. The van der Waals surface area contributed by atoms with Gasteiger partial charge in [-0.15, -0.1) is 0 Å². The summed E-state index contributed by atoms with van der Waals surface area (Å²) in [7, 11) is -3.45. The third kappa shape index (κ3) is 2.87. The first-order valence-corrected chi connectivity index (χ1v) is 8.21. The maximum absolute atomic E-state index is 12.1. The number of nitrogens with one attached hydrogen (secondary N) is 1. The number of benzene rings is 1. The van der Waals surface area contributed by atoms with E-state index in [0.717, 1.165) is 19.3 Å². The lowest BCUT2D eigenvalue weighted by molar-refractivity contribution is 0.475. The van der Waals surface area contributed by atoms with Crippen molar-refractivity contribution in [3.8, 4) is 0 Å². The number of hydrogen-bond donors (Lipinski definition) is 2. The Hall–Kier alpha value is -0.590. The van der Waals surface area contributed by atoms with E-state index < -0.39 is 10.0 Å². The highest BCUT2D eigenvalue weighted by Crippen LogP contribution is 2.48. The molecule has 0 bridgehead atoms. The van der Waals surface area contributed by atoms with Crippen molar-refractivity contribution >= 4 is 31.6 Å². The average molecular weight is 333 g/mol. The molecule has 1 fully saturated rings. The number of nitrogen functional groups attached to an aromatic ring is 1. The molecular formula is C12H17BrN2O2S. The Bertz CT molecular complexity index is 553. The van der Waals surface area contributed by atoms with Crippen molar-refractivity contribution in [1.82, 2.24) is 4.72 Å². The summed E-state index contributed by atoms with van der Waals surface area (Å²) in [5, 5.41) is 0. The van der Waals surface area contributed by atoms with E-state index in [4.69, 9.17) is 5.73 Å². The van der Waals surface area contributed by atoms with E-state index in [9.17, 15) is 8.42 Å². The van der Waals surface area contributed by atoms with Crippen LogP contribution in [-0.2, 0) is 10.0 Å². The molecule has 4 nitrogen and oxygen atoms in total. The zero-order chi connectivity index (χ0) is 13.4. The highest BCUT2D eigenvalue weighted by atomic mass is 79.9. The summed E-state index contributed by atoms with van der Waals surface area (Å²) in [6.45, 7) is 2.61. The van der Waals surface area contributed by atoms with Gasteiger partial charge < -0.3 is 5.73 Å². The number of rotatable bonds is 5. The Morgan fingerprint density at radius 2 is 2.11 bits per heavy atom. The van der Waals surface area contributed by atoms with Gasteiger partial charge in [-0.25, -0.2) is 13.1 Å². The molecule has 100 valence electrons. The van der Waals surface area contributed by atoms with Crippen molar-refractivity contribution < 1.29 is 8.42 Å². The van der Waals surface area contributed by atoms with Crippen LogP contribution in [0.5, 0.6) is 0 Å². The predicted octanol–water partition coefficient (Wildman–Crippen LogP) is 2.50. The largest absolute Gasteiger partial charge is 0.398 e. The van der Waals surface area contributed by atoms with Gasteiger partial charge in [0, 0.05) is 16.7 Å². The van der Waals surface area contributed by atoms with Crippen LogP contribution in [0.1, 0.15) is 26.2 Å². The van der Waals surface area contributed by atoms with Crippen molar-refractivity contribution in [2.75, 3.05) is 12.3 Å². The number of sulfonamides is 1. The van der Waals surface area contributed by atoms with Gasteiger partial charge in [-0.2, -0.15) is 0 Å². The van der Waals surface area contributed by atoms with E-state index in [1.165, 1.54) is 6.07 Å². The molecule has 1 aromatic rings. The van der Waals surface area contributed by atoms with E-state index in [2.05, 4.69) is 27.6 Å². The first-order chi connectivity index (χ1) is 8.38. The lowest BCUT2D eigenvalue weighted by Crippen LogP contribution is -2.30. The molecule has 1 saturated carbocycles. The highest BCUT2D eigenvalue weighted by molar-refractivity contribution is 9.10. The monoisotopic (exact) mass is 332 g/mol. The fourth-order valence-electron chi connectivity index (χ4n) is 1.85. The Morgan fingerprint density at radius 1 is 1.44 bits per heavy atom. The first-order valence-electron chi connectivity index (χ1n) is 5.93. The molecule has 2 rings (SSSR count). The van der Waals surface area contributed by atoms with Gasteiger partial charge in [-0.3, -0.25) is 0 Å². The van der Waals surface area contributed by atoms with Crippen LogP contribution in [0.2, 0.25) is 0 Å². The topological polar surface area (TPSA) is 72.2 Å². The molecule has 0 heterocycles. The van der Waals surface area contributed by atoms with Crippen LogP contribution in [0.15, 0.2) is 27.6 Å². The van der Waals surface area contributed by atoms with Crippen molar-refractivity contribution in [2.24, 2.45) is 5.41 Å². The predicted molar refractivity (Wildman–Crippen MR) is 75.7 cm³/mol. The van der Waals surface area contributed by atoms with E-state index in [0.29, 0.717) is 16.7 Å². The zero-order valence-electron chi connectivity index (χ0n) is 10.2. The van der Waals surface area contributed by atoms with Gasteiger partial charge in [0.1, 0.15) is 0 Å². The summed E-state index contributed by atoms with van der Waals surface area (Å²) < 4.78 is 27.6. The molecule has 0 aliphatic heterocycles. The standard InChI is InChI=1S/C12H17BrN2O2S/c1-2-12(5-6-12)8-15-18(16,17)9-3-4-10(13)11(14)7-9/h3-4,7,15H,2,5-6,8,14H2,1H3. The molecule has 0 amide bonds. The molecule has 0 radical (unpaired) electrons. The molecule has 0 spiro atoms. The van der Waals surface area contributed by atoms with E-state index in [-0.39, 0.29) is 10.3 Å². The lowest BCUT2D eigenvalue weighted by Gasteiger charge is -2.14. The Balaban J connectivity index is 2.13. The van der Waals surface area contributed by atoms with Crippen molar-refractivity contribution in [1.29, 1.82) is 0 Å². The van der Waals surface area contributed by atoms with Crippen LogP contribution < -0.4 is 10.5 Å². The number of anilines is 1. The second-order valence-electron chi connectivity index (χ2n) is 4.86. The van der Waals surface area contributed by atoms with Gasteiger partial charge in [0.15, 0.2) is 0 Å². The normalized spacial score (nSPS) is 17.7. The summed E-state index contributed by atoms with van der Waals surface area (Å²) in [4.78, 5) is 0.218. The van der Waals surface area contributed by atoms with Crippen molar-refractivity contribution in [3.05, 3.63) is 22.7 Å². The lowest BCUT2D eigenvalue weighted by atomic mass is 10.1. The summed E-state index contributed by atoms with van der Waals surface area (Å²) in [5.41, 5.74) is 6.31. The third-order valence-electron chi connectivity index (χ3n) is 3.62. The molecule has 1 aliphatic carbocycles. The minimum atomic E-state index is -3.45. The SMILES string of the molecule is CCC1(CNS(=O)(=O)c2ccc(Br)c(N)c2)CC1. The smallest absolute Gasteiger partial charge is 0.240 e. The first kappa shape index (κ1) is 13.8. The molecule has 0 aromatic heterocycles. The minimum Gasteiger partial charge on any atom is -0.398 e. The van der Waals surface area contributed by atoms with Gasteiger partial charge in [-0.1, -0.05) is 6.92 Å². The van der Waals surface area contributed by atoms with Crippen LogP contribution in [0.3, 0.4) is 0 Å². The number of halogens is 1. The Labute approximate surface area is 116 Å². The fourth-order valence-corrected chi connectivity index (χ4v) is 3.29. The summed E-state index contributed by atoms with van der Waals surface area (Å²) >= 11 is 3.25. The molecule has 18 heavy (non-hydrogen) atoms. The van der Waals surface area contributed by atoms with Crippen LogP contribution in [0.4, 0.5) is 5.69 Å². The van der Waals surface area contributed by atoms with Crippen LogP contribution in [0, 0.1) is 5.41 Å². The van der Waals surface area contributed by atoms with Crippen LogP contribution in [-0.4, -0.2) is 15.0 Å². The number of hydrogen-bond acceptors (Lipinski definition) is 3. The van der Waals surface area contributed by atoms with E-state index >= 15 is 0 Å². The summed E-state index contributed by atoms with van der Waals surface area (Å²) in [6.07, 6.45) is 3.22. The maximum Gasteiger partial charge on any atom is 0.240 e. The molecular weight excluding hydrogens is 316 g/mol. The van der Waals surface area contributed by atoms with Crippen molar-refractivity contribution in [2.45, 2.75) is 31.1 Å². The second-order valence-corrected chi connectivity index (χ2v) is 7.48. The minimum absolute atomic E-state index is 0.188. The van der Waals surface area contributed by atoms with Crippen molar-refractivity contribution in [3.63, 3.8) is 0 Å². The van der Waals surface area contributed by atoms with Gasteiger partial charge in [-0.05, 0) is 58.8 Å². The maximum atomic E-state index is 12.1. The molecule has 0 saturated heterocycles. The molecule has 3 N–H and O–H groups in total. The molecule has 0 atom stereocenters. The quantitative estimate of drug-likeness (QED) is 0.813. The van der Waals surface area contributed by atoms with Crippen LogP contribution in [0.25, 0.3) is 0 Å². The Kier molecular flexibility index (Phi) is 3.71. The molecule has 1 aliphatic rings. The van der Waals surface area contributed by atoms with Gasteiger partial charge in [0.2, 0.25) is 10.0 Å². The Morgan fingerprint density at radius 3 is 2.61 bits per heavy atom. The second kappa shape index (κ2) is 4.83.